The van der Waals surface area contributed by atoms with Crippen molar-refractivity contribution in [2.24, 2.45) is 5.92 Å². The summed E-state index contributed by atoms with van der Waals surface area (Å²) in [6, 6.07) is 17.6. The van der Waals surface area contributed by atoms with Gasteiger partial charge in [-0.25, -0.2) is 4.98 Å². The topological polar surface area (TPSA) is 63.2 Å². The molecule has 1 aliphatic heterocycles. The maximum Gasteiger partial charge on any atom is 0.252 e. The van der Waals surface area contributed by atoms with E-state index < -0.39 is 0 Å². The van der Waals surface area contributed by atoms with E-state index in [0.717, 1.165) is 47.4 Å². The summed E-state index contributed by atoms with van der Waals surface area (Å²) in [5.41, 5.74) is 3.22. The lowest BCUT2D eigenvalue weighted by Crippen LogP contribution is -2.48. The fourth-order valence-corrected chi connectivity index (χ4v) is 3.75. The highest BCUT2D eigenvalue weighted by atomic mass is 16.5. The van der Waals surface area contributed by atoms with Gasteiger partial charge >= 0.3 is 0 Å². The molecule has 2 atom stereocenters. The number of methoxy groups -OCH3 is 1. The van der Waals surface area contributed by atoms with Crippen LogP contribution in [0.5, 0.6) is 5.75 Å². The third-order valence-electron chi connectivity index (χ3n) is 5.45. The van der Waals surface area contributed by atoms with Gasteiger partial charge in [-0.15, -0.1) is 0 Å². The zero-order chi connectivity index (χ0) is 19.5. The van der Waals surface area contributed by atoms with E-state index in [4.69, 9.17) is 9.72 Å². The number of aromatic nitrogens is 1. The summed E-state index contributed by atoms with van der Waals surface area (Å²) in [7, 11) is 1.65. The van der Waals surface area contributed by atoms with Gasteiger partial charge in [0.15, 0.2) is 0 Å². The van der Waals surface area contributed by atoms with Crippen molar-refractivity contribution in [2.45, 2.75) is 19.4 Å². The monoisotopic (exact) mass is 375 g/mol. The predicted molar refractivity (Wildman–Crippen MR) is 112 cm³/mol. The molecule has 4 rings (SSSR count). The van der Waals surface area contributed by atoms with Crippen LogP contribution in [-0.4, -0.2) is 37.1 Å². The number of carbonyl (C=O) groups excluding carboxylic acids is 1. The van der Waals surface area contributed by atoms with E-state index in [1.807, 2.05) is 54.6 Å². The third kappa shape index (κ3) is 3.71. The Labute approximate surface area is 165 Å². The zero-order valence-corrected chi connectivity index (χ0v) is 16.2. The molecule has 1 saturated heterocycles. The van der Waals surface area contributed by atoms with Crippen molar-refractivity contribution in [3.8, 4) is 17.0 Å². The van der Waals surface area contributed by atoms with Crippen molar-refractivity contribution < 1.29 is 9.53 Å². The minimum Gasteiger partial charge on any atom is -0.497 e. The van der Waals surface area contributed by atoms with Crippen LogP contribution >= 0.6 is 0 Å². The molecule has 1 aromatic heterocycles. The molecule has 0 spiro atoms. The van der Waals surface area contributed by atoms with E-state index in [-0.39, 0.29) is 11.9 Å². The average Bonchev–Trinajstić information content (AvgIpc) is 2.74. The van der Waals surface area contributed by atoms with Crippen LogP contribution in [0.3, 0.4) is 0 Å². The first-order valence-corrected chi connectivity index (χ1v) is 9.71. The second-order valence-corrected chi connectivity index (χ2v) is 7.35. The van der Waals surface area contributed by atoms with Gasteiger partial charge in [0.05, 0.1) is 23.9 Å². The number of fused-ring (bicyclic) bond motifs is 1. The van der Waals surface area contributed by atoms with Crippen LogP contribution in [0.2, 0.25) is 0 Å². The molecule has 0 aliphatic carbocycles. The number of carbonyl (C=O) groups is 1. The van der Waals surface area contributed by atoms with Gasteiger partial charge in [-0.1, -0.05) is 25.1 Å². The van der Waals surface area contributed by atoms with Gasteiger partial charge in [0.2, 0.25) is 0 Å². The zero-order valence-electron chi connectivity index (χ0n) is 16.2. The number of nitrogens with one attached hydrogen (secondary N) is 2. The van der Waals surface area contributed by atoms with Gasteiger partial charge in [0.1, 0.15) is 5.75 Å². The van der Waals surface area contributed by atoms with E-state index in [1.54, 1.807) is 7.11 Å². The summed E-state index contributed by atoms with van der Waals surface area (Å²) in [5, 5.41) is 7.50. The largest absolute Gasteiger partial charge is 0.497 e. The first kappa shape index (κ1) is 18.4. The molecule has 2 N–H and O–H groups in total. The Morgan fingerprint density at radius 2 is 1.96 bits per heavy atom. The number of hydrogen-bond donors (Lipinski definition) is 2. The summed E-state index contributed by atoms with van der Waals surface area (Å²) in [6.07, 6.45) is 0.946. The fraction of sp³-hybridized carbons (Fsp3) is 0.304. The second-order valence-electron chi connectivity index (χ2n) is 7.35. The maximum atomic E-state index is 13.2. The highest BCUT2D eigenvalue weighted by molar-refractivity contribution is 6.07. The number of pyridine rings is 1. The number of benzene rings is 2. The molecule has 0 saturated carbocycles. The number of rotatable bonds is 4. The van der Waals surface area contributed by atoms with Crippen LogP contribution in [0.15, 0.2) is 54.6 Å². The Kier molecular flexibility index (Phi) is 5.26. The summed E-state index contributed by atoms with van der Waals surface area (Å²) >= 11 is 0. The number of piperidine rings is 1. The maximum absolute atomic E-state index is 13.2. The van der Waals surface area contributed by atoms with Crippen molar-refractivity contribution in [1.29, 1.82) is 0 Å². The number of hydrogen-bond acceptors (Lipinski definition) is 4. The van der Waals surface area contributed by atoms with E-state index >= 15 is 0 Å². The van der Waals surface area contributed by atoms with Crippen LogP contribution in [0.1, 0.15) is 23.7 Å². The van der Waals surface area contributed by atoms with Gasteiger partial charge in [-0.2, -0.15) is 0 Å². The van der Waals surface area contributed by atoms with Gasteiger partial charge in [0, 0.05) is 17.0 Å². The van der Waals surface area contributed by atoms with Crippen molar-refractivity contribution in [3.05, 3.63) is 60.2 Å². The minimum atomic E-state index is -0.0351. The molecular weight excluding hydrogens is 350 g/mol. The van der Waals surface area contributed by atoms with Crippen LogP contribution in [0.4, 0.5) is 0 Å². The highest BCUT2D eigenvalue weighted by Gasteiger charge is 2.24. The van der Waals surface area contributed by atoms with Crippen LogP contribution in [0.25, 0.3) is 22.2 Å². The molecule has 0 radical (unpaired) electrons. The van der Waals surface area contributed by atoms with Crippen LogP contribution < -0.4 is 15.4 Å². The molecule has 2 aromatic carbocycles. The number of nitrogens with zero attached hydrogens (tertiary/aromatic N) is 1. The predicted octanol–water partition coefficient (Wildman–Crippen LogP) is 3.64. The van der Waals surface area contributed by atoms with Crippen molar-refractivity contribution in [1.82, 2.24) is 15.6 Å². The summed E-state index contributed by atoms with van der Waals surface area (Å²) in [4.78, 5) is 18.0. The van der Waals surface area contributed by atoms with Gasteiger partial charge in [-0.3, -0.25) is 4.79 Å². The normalized spacial score (nSPS) is 19.4. The lowest BCUT2D eigenvalue weighted by Gasteiger charge is -2.30. The van der Waals surface area contributed by atoms with E-state index in [9.17, 15) is 4.79 Å². The molecule has 144 valence electrons. The molecule has 5 heteroatoms. The molecule has 2 heterocycles. The number of para-hydroxylation sites is 1. The highest BCUT2D eigenvalue weighted by Crippen LogP contribution is 2.26. The lowest BCUT2D eigenvalue weighted by atomic mass is 9.94. The van der Waals surface area contributed by atoms with Crippen molar-refractivity contribution in [2.75, 3.05) is 20.2 Å². The Morgan fingerprint density at radius 3 is 2.71 bits per heavy atom. The van der Waals surface area contributed by atoms with Gasteiger partial charge in [-0.05, 0) is 61.8 Å². The first-order chi connectivity index (χ1) is 13.7. The fourth-order valence-electron chi connectivity index (χ4n) is 3.75. The Morgan fingerprint density at radius 1 is 1.18 bits per heavy atom. The molecule has 1 aliphatic rings. The SMILES string of the molecule is COc1ccc(-c2cc(C(=O)NC3CCNCC3C)c3ccccc3n2)cc1. The number of amides is 1. The van der Waals surface area contributed by atoms with Crippen molar-refractivity contribution in [3.63, 3.8) is 0 Å². The van der Waals surface area contributed by atoms with Crippen LogP contribution in [0, 0.1) is 5.92 Å². The Balaban J connectivity index is 1.72. The van der Waals surface area contributed by atoms with Crippen LogP contribution in [-0.2, 0) is 0 Å². The molecule has 1 fully saturated rings. The third-order valence-corrected chi connectivity index (χ3v) is 5.45. The minimum absolute atomic E-state index is 0.0351. The molecule has 1 amide bonds. The average molecular weight is 375 g/mol. The molecule has 2 unspecified atom stereocenters. The van der Waals surface area contributed by atoms with E-state index in [1.165, 1.54) is 0 Å². The quantitative estimate of drug-likeness (QED) is 0.731. The molecular formula is C23H25N3O2. The molecule has 5 nitrogen and oxygen atoms in total. The summed E-state index contributed by atoms with van der Waals surface area (Å²) in [5.74, 6) is 1.17. The first-order valence-electron chi connectivity index (χ1n) is 9.71. The van der Waals surface area contributed by atoms with Gasteiger partial charge in [0.25, 0.3) is 5.91 Å². The summed E-state index contributed by atoms with van der Waals surface area (Å²) < 4.78 is 5.24. The molecule has 0 bridgehead atoms. The van der Waals surface area contributed by atoms with E-state index in [2.05, 4.69) is 17.6 Å². The Hall–Kier alpha value is -2.92. The number of ether oxygens (including phenoxy) is 1. The van der Waals surface area contributed by atoms with Gasteiger partial charge < -0.3 is 15.4 Å². The smallest absolute Gasteiger partial charge is 0.252 e. The molecule has 3 aromatic rings. The standard InChI is InChI=1S/C23H25N3O2/c1-15-14-24-12-11-20(15)26-23(27)19-13-22(16-7-9-17(28-2)10-8-16)25-21-6-4-3-5-18(19)21/h3-10,13,15,20,24H,11-12,14H2,1-2H3,(H,26,27). The van der Waals surface area contributed by atoms with Crippen molar-refractivity contribution >= 4 is 16.8 Å². The Bertz CT molecular complexity index is 985. The van der Waals surface area contributed by atoms with E-state index in [0.29, 0.717) is 11.5 Å². The summed E-state index contributed by atoms with van der Waals surface area (Å²) in [6.45, 7) is 4.03. The molecule has 28 heavy (non-hydrogen) atoms. The second kappa shape index (κ2) is 7.98. The lowest BCUT2D eigenvalue weighted by molar-refractivity contribution is 0.0916.